The molecular formula is C13H10BrFN2O2. The average Bonchev–Trinajstić information content (AvgIpc) is 2.42. The van der Waals surface area contributed by atoms with E-state index >= 15 is 0 Å². The lowest BCUT2D eigenvalue weighted by molar-refractivity contribution is 0.0512. The molecule has 0 saturated heterocycles. The second-order valence-electron chi connectivity index (χ2n) is 3.61. The zero-order chi connectivity index (χ0) is 13.8. The van der Waals surface area contributed by atoms with Crippen molar-refractivity contribution in [1.82, 2.24) is 9.97 Å². The Labute approximate surface area is 117 Å². The molecule has 1 aromatic carbocycles. The van der Waals surface area contributed by atoms with Crippen LogP contribution in [0.4, 0.5) is 4.39 Å². The Morgan fingerprint density at radius 3 is 2.95 bits per heavy atom. The molecule has 1 heterocycles. The smallest absolute Gasteiger partial charge is 0.376 e. The van der Waals surface area contributed by atoms with Gasteiger partial charge in [-0.15, -0.1) is 0 Å². The number of benzene rings is 1. The first kappa shape index (κ1) is 13.6. The van der Waals surface area contributed by atoms with Crippen molar-refractivity contribution >= 4 is 21.9 Å². The van der Waals surface area contributed by atoms with Gasteiger partial charge >= 0.3 is 5.97 Å². The minimum atomic E-state index is -0.625. The number of esters is 1. The van der Waals surface area contributed by atoms with Crippen LogP contribution in [0.1, 0.15) is 17.5 Å². The zero-order valence-electron chi connectivity index (χ0n) is 10.1. The topological polar surface area (TPSA) is 52.1 Å². The highest BCUT2D eigenvalue weighted by molar-refractivity contribution is 9.10. The quantitative estimate of drug-likeness (QED) is 0.813. The van der Waals surface area contributed by atoms with Crippen molar-refractivity contribution < 1.29 is 13.9 Å². The molecule has 98 valence electrons. The maximum atomic E-state index is 13.7. The van der Waals surface area contributed by atoms with E-state index < -0.39 is 11.8 Å². The molecule has 0 aliphatic carbocycles. The summed E-state index contributed by atoms with van der Waals surface area (Å²) in [5.41, 5.74) is 0.624. The maximum Gasteiger partial charge on any atom is 0.376 e. The Kier molecular flexibility index (Phi) is 4.21. The summed E-state index contributed by atoms with van der Waals surface area (Å²) in [5, 5.41) is 0. The molecule has 0 aliphatic rings. The predicted octanol–water partition coefficient (Wildman–Crippen LogP) is 3.22. The second kappa shape index (κ2) is 5.88. The Hall–Kier alpha value is -1.82. The minimum absolute atomic E-state index is 0.0845. The van der Waals surface area contributed by atoms with Gasteiger partial charge in [-0.25, -0.2) is 19.2 Å². The van der Waals surface area contributed by atoms with E-state index in [-0.39, 0.29) is 12.4 Å². The molecule has 2 aromatic rings. The Morgan fingerprint density at radius 1 is 1.42 bits per heavy atom. The summed E-state index contributed by atoms with van der Waals surface area (Å²) in [4.78, 5) is 19.4. The molecule has 0 amide bonds. The van der Waals surface area contributed by atoms with Gasteiger partial charge < -0.3 is 4.74 Å². The monoisotopic (exact) mass is 324 g/mol. The first-order valence-corrected chi connectivity index (χ1v) is 6.36. The molecule has 19 heavy (non-hydrogen) atoms. The number of carbonyl (C=O) groups excluding carboxylic acids is 1. The molecule has 0 aliphatic heterocycles. The fourth-order valence-electron chi connectivity index (χ4n) is 1.50. The first-order valence-electron chi connectivity index (χ1n) is 5.57. The minimum Gasteiger partial charge on any atom is -0.460 e. The number of hydrogen-bond acceptors (Lipinski definition) is 4. The predicted molar refractivity (Wildman–Crippen MR) is 71.1 cm³/mol. The van der Waals surface area contributed by atoms with Crippen molar-refractivity contribution in [2.75, 3.05) is 6.61 Å². The van der Waals surface area contributed by atoms with E-state index in [9.17, 15) is 9.18 Å². The fourth-order valence-corrected chi connectivity index (χ4v) is 1.86. The van der Waals surface area contributed by atoms with E-state index in [0.717, 1.165) is 4.47 Å². The fraction of sp³-hybridized carbons (Fsp3) is 0.154. The molecule has 0 spiro atoms. The number of ether oxygens (including phenoxy) is 1. The van der Waals surface area contributed by atoms with Gasteiger partial charge in [-0.1, -0.05) is 15.9 Å². The van der Waals surface area contributed by atoms with Crippen molar-refractivity contribution in [2.45, 2.75) is 6.92 Å². The Bertz CT molecular complexity index is 619. The highest BCUT2D eigenvalue weighted by Crippen LogP contribution is 2.24. The third kappa shape index (κ3) is 3.14. The number of rotatable bonds is 3. The molecule has 2 rings (SSSR count). The number of hydrogen-bond donors (Lipinski definition) is 0. The lowest BCUT2D eigenvalue weighted by Gasteiger charge is -2.05. The molecule has 0 radical (unpaired) electrons. The number of carbonyl (C=O) groups is 1. The molecule has 6 heteroatoms. The highest BCUT2D eigenvalue weighted by Gasteiger charge is 2.13. The van der Waals surface area contributed by atoms with E-state index in [1.807, 2.05) is 0 Å². The molecule has 4 nitrogen and oxygen atoms in total. The van der Waals surface area contributed by atoms with Crippen LogP contribution in [0.3, 0.4) is 0 Å². The maximum absolute atomic E-state index is 13.7. The molecule has 0 bridgehead atoms. The van der Waals surface area contributed by atoms with E-state index in [0.29, 0.717) is 11.3 Å². The summed E-state index contributed by atoms with van der Waals surface area (Å²) < 4.78 is 19.3. The summed E-state index contributed by atoms with van der Waals surface area (Å²) in [6.07, 6.45) is 1.40. The van der Waals surface area contributed by atoms with Crippen LogP contribution in [0, 0.1) is 5.82 Å². The van der Waals surface area contributed by atoms with Crippen LogP contribution in [0.5, 0.6) is 0 Å². The van der Waals surface area contributed by atoms with Gasteiger partial charge in [0.15, 0.2) is 0 Å². The molecule has 0 N–H and O–H groups in total. The van der Waals surface area contributed by atoms with Gasteiger partial charge in [0.25, 0.3) is 0 Å². The highest BCUT2D eigenvalue weighted by atomic mass is 79.9. The molecule has 1 aromatic heterocycles. The lowest BCUT2D eigenvalue weighted by atomic mass is 10.1. The second-order valence-corrected chi connectivity index (χ2v) is 4.53. The van der Waals surface area contributed by atoms with Gasteiger partial charge in [-0.2, -0.15) is 0 Å². The summed E-state index contributed by atoms with van der Waals surface area (Å²) in [6, 6.07) is 6.04. The van der Waals surface area contributed by atoms with Crippen LogP contribution >= 0.6 is 15.9 Å². The van der Waals surface area contributed by atoms with E-state index in [4.69, 9.17) is 4.74 Å². The van der Waals surface area contributed by atoms with Gasteiger partial charge in [0.05, 0.1) is 12.3 Å². The van der Waals surface area contributed by atoms with Gasteiger partial charge in [-0.05, 0) is 31.2 Å². The van der Waals surface area contributed by atoms with Crippen LogP contribution in [0.15, 0.2) is 34.9 Å². The molecule has 0 unspecified atom stereocenters. The molecular weight excluding hydrogens is 315 g/mol. The summed E-state index contributed by atoms with van der Waals surface area (Å²) in [6.45, 7) is 1.92. The first-order chi connectivity index (χ1) is 9.11. The largest absolute Gasteiger partial charge is 0.460 e. The van der Waals surface area contributed by atoms with E-state index in [1.54, 1.807) is 19.1 Å². The summed E-state index contributed by atoms with van der Waals surface area (Å²) >= 11 is 3.26. The molecule has 0 atom stereocenters. The van der Waals surface area contributed by atoms with Gasteiger partial charge in [0.1, 0.15) is 5.82 Å². The van der Waals surface area contributed by atoms with Gasteiger partial charge in [0, 0.05) is 16.2 Å². The SMILES string of the molecule is CCOC(=O)c1nccc(-c2cc(Br)ccc2F)n1. The van der Waals surface area contributed by atoms with Crippen molar-refractivity contribution in [3.63, 3.8) is 0 Å². The summed E-state index contributed by atoms with van der Waals surface area (Å²) in [7, 11) is 0. The van der Waals surface area contributed by atoms with Crippen LogP contribution < -0.4 is 0 Å². The van der Waals surface area contributed by atoms with Crippen molar-refractivity contribution in [1.29, 1.82) is 0 Å². The van der Waals surface area contributed by atoms with Crippen LogP contribution in [-0.4, -0.2) is 22.5 Å². The number of aromatic nitrogens is 2. The normalized spacial score (nSPS) is 10.3. The Balaban J connectivity index is 2.43. The van der Waals surface area contributed by atoms with Gasteiger partial charge in [-0.3, -0.25) is 0 Å². The standard InChI is InChI=1S/C13H10BrFN2O2/c1-2-19-13(18)12-16-6-5-11(17-12)9-7-8(14)3-4-10(9)15/h3-7H,2H2,1H3. The number of halogens is 2. The number of nitrogens with zero attached hydrogens (tertiary/aromatic N) is 2. The molecule has 0 fully saturated rings. The van der Waals surface area contributed by atoms with E-state index in [1.165, 1.54) is 18.3 Å². The van der Waals surface area contributed by atoms with Crippen molar-refractivity contribution in [3.05, 3.63) is 46.6 Å². The Morgan fingerprint density at radius 2 is 2.21 bits per heavy atom. The lowest BCUT2D eigenvalue weighted by Crippen LogP contribution is -2.10. The van der Waals surface area contributed by atoms with Gasteiger partial charge in [0.2, 0.25) is 5.82 Å². The van der Waals surface area contributed by atoms with Crippen molar-refractivity contribution in [3.8, 4) is 11.3 Å². The van der Waals surface area contributed by atoms with Crippen LogP contribution in [0.2, 0.25) is 0 Å². The van der Waals surface area contributed by atoms with Crippen molar-refractivity contribution in [2.24, 2.45) is 0 Å². The third-order valence-corrected chi connectivity index (χ3v) is 2.81. The van der Waals surface area contributed by atoms with Crippen LogP contribution in [0.25, 0.3) is 11.3 Å². The zero-order valence-corrected chi connectivity index (χ0v) is 11.6. The summed E-state index contributed by atoms with van der Waals surface area (Å²) in [5.74, 6) is -1.13. The third-order valence-electron chi connectivity index (χ3n) is 2.32. The average molecular weight is 325 g/mol. The van der Waals surface area contributed by atoms with Crippen LogP contribution in [-0.2, 0) is 4.74 Å². The molecule has 0 saturated carbocycles. The van der Waals surface area contributed by atoms with E-state index in [2.05, 4.69) is 25.9 Å².